The summed E-state index contributed by atoms with van der Waals surface area (Å²) in [5.74, 6) is 1.20. The largest absolute Gasteiger partial charge is 0.493 e. The van der Waals surface area contributed by atoms with E-state index in [2.05, 4.69) is 10.6 Å². The molecule has 0 bridgehead atoms. The van der Waals surface area contributed by atoms with E-state index in [4.69, 9.17) is 25.8 Å². The van der Waals surface area contributed by atoms with Gasteiger partial charge in [0, 0.05) is 11.6 Å². The van der Waals surface area contributed by atoms with Crippen LogP contribution in [0.2, 0.25) is 5.02 Å². The third-order valence-corrected chi connectivity index (χ3v) is 5.58. The van der Waals surface area contributed by atoms with Gasteiger partial charge in [-0.25, -0.2) is 0 Å². The molecule has 0 spiro atoms. The zero-order valence-electron chi connectivity index (χ0n) is 20.0. The number of rotatable bonds is 11. The number of hydrogen-bond donors (Lipinski definition) is 2. The number of amides is 2. The predicted octanol–water partition coefficient (Wildman–Crippen LogP) is 5.13. The Morgan fingerprint density at radius 2 is 1.66 bits per heavy atom. The molecule has 0 radical (unpaired) electrons. The molecule has 2 amide bonds. The Labute approximate surface area is 210 Å². The lowest BCUT2D eigenvalue weighted by molar-refractivity contribution is -0.122. The van der Waals surface area contributed by atoms with Crippen molar-refractivity contribution in [3.8, 4) is 17.2 Å². The van der Waals surface area contributed by atoms with E-state index in [0.29, 0.717) is 52.9 Å². The van der Waals surface area contributed by atoms with Crippen molar-refractivity contribution in [2.24, 2.45) is 0 Å². The van der Waals surface area contributed by atoms with Crippen LogP contribution in [-0.4, -0.2) is 38.7 Å². The summed E-state index contributed by atoms with van der Waals surface area (Å²) in [4.78, 5) is 25.8. The summed E-state index contributed by atoms with van der Waals surface area (Å²) in [6.45, 7) is 2.26. The first-order valence-corrected chi connectivity index (χ1v) is 11.6. The fourth-order valence-corrected chi connectivity index (χ4v) is 3.58. The highest BCUT2D eigenvalue weighted by Crippen LogP contribution is 2.27. The zero-order chi connectivity index (χ0) is 25.2. The molecule has 2 N–H and O–H groups in total. The van der Waals surface area contributed by atoms with Gasteiger partial charge in [0.25, 0.3) is 11.8 Å². The first kappa shape index (κ1) is 25.9. The Hall–Kier alpha value is -3.71. The summed E-state index contributed by atoms with van der Waals surface area (Å²) >= 11 is 5.91. The zero-order valence-corrected chi connectivity index (χ0v) is 20.7. The monoisotopic (exact) mass is 496 g/mol. The van der Waals surface area contributed by atoms with Gasteiger partial charge in [-0.2, -0.15) is 0 Å². The molecule has 184 valence electrons. The van der Waals surface area contributed by atoms with Crippen LogP contribution in [0.3, 0.4) is 0 Å². The van der Waals surface area contributed by atoms with Crippen molar-refractivity contribution in [1.82, 2.24) is 5.32 Å². The Morgan fingerprint density at radius 3 is 2.34 bits per heavy atom. The summed E-state index contributed by atoms with van der Waals surface area (Å²) < 4.78 is 16.4. The van der Waals surface area contributed by atoms with Gasteiger partial charge in [-0.05, 0) is 66.9 Å². The number of hydrogen-bond acceptors (Lipinski definition) is 5. The van der Waals surface area contributed by atoms with Crippen LogP contribution in [0, 0.1) is 0 Å². The van der Waals surface area contributed by atoms with Crippen molar-refractivity contribution >= 4 is 29.1 Å². The first-order valence-electron chi connectivity index (χ1n) is 11.3. The van der Waals surface area contributed by atoms with Gasteiger partial charge in [0.05, 0.1) is 25.5 Å². The van der Waals surface area contributed by atoms with E-state index in [1.807, 2.05) is 25.1 Å². The standard InChI is InChI=1S/C27H29ClN2O5/c1-4-23(35-20-12-10-19(28)11-13-20)27(32)30-22-8-6-5-7-21(22)26(31)29-16-15-18-9-14-24(33-2)25(17-18)34-3/h5-14,17,23H,4,15-16H2,1-3H3,(H,29,31)(H,30,32)/t23-/m0/s1. The maximum Gasteiger partial charge on any atom is 0.265 e. The molecule has 0 saturated heterocycles. The summed E-state index contributed by atoms with van der Waals surface area (Å²) in [6, 6.07) is 19.3. The van der Waals surface area contributed by atoms with Crippen LogP contribution in [0.4, 0.5) is 5.69 Å². The van der Waals surface area contributed by atoms with Crippen molar-refractivity contribution in [3.63, 3.8) is 0 Å². The quantitative estimate of drug-likeness (QED) is 0.384. The Bertz CT molecular complexity index is 1150. The molecule has 7 nitrogen and oxygen atoms in total. The van der Waals surface area contributed by atoms with E-state index in [0.717, 1.165) is 5.56 Å². The SMILES string of the molecule is CC[C@H](Oc1ccc(Cl)cc1)C(=O)Nc1ccccc1C(=O)NCCc1ccc(OC)c(OC)c1. The number of methoxy groups -OCH3 is 2. The Morgan fingerprint density at radius 1 is 0.943 bits per heavy atom. The van der Waals surface area contributed by atoms with Gasteiger partial charge in [-0.1, -0.05) is 36.7 Å². The number of carbonyl (C=O) groups excluding carboxylic acids is 2. The minimum absolute atomic E-state index is 0.284. The van der Waals surface area contributed by atoms with E-state index in [9.17, 15) is 9.59 Å². The molecule has 3 aromatic rings. The minimum atomic E-state index is -0.725. The maximum absolute atomic E-state index is 12.9. The Kier molecular flexibility index (Phi) is 9.38. The highest BCUT2D eigenvalue weighted by atomic mass is 35.5. The average Bonchev–Trinajstić information content (AvgIpc) is 2.88. The van der Waals surface area contributed by atoms with Crippen molar-refractivity contribution < 1.29 is 23.8 Å². The molecule has 0 aromatic heterocycles. The van der Waals surface area contributed by atoms with Gasteiger partial charge >= 0.3 is 0 Å². The van der Waals surface area contributed by atoms with Gasteiger partial charge < -0.3 is 24.8 Å². The smallest absolute Gasteiger partial charge is 0.265 e. The fraction of sp³-hybridized carbons (Fsp3) is 0.259. The molecule has 35 heavy (non-hydrogen) atoms. The van der Waals surface area contributed by atoms with Gasteiger partial charge in [-0.15, -0.1) is 0 Å². The van der Waals surface area contributed by atoms with E-state index >= 15 is 0 Å². The van der Waals surface area contributed by atoms with Crippen LogP contribution in [0.15, 0.2) is 66.7 Å². The van der Waals surface area contributed by atoms with Gasteiger partial charge in [0.15, 0.2) is 17.6 Å². The lowest BCUT2D eigenvalue weighted by Crippen LogP contribution is -2.33. The Balaban J connectivity index is 1.61. The molecule has 0 aliphatic heterocycles. The third kappa shape index (κ3) is 7.13. The van der Waals surface area contributed by atoms with Crippen LogP contribution < -0.4 is 24.8 Å². The first-order chi connectivity index (χ1) is 16.9. The number of para-hydroxylation sites is 1. The summed E-state index contributed by atoms with van der Waals surface area (Å²) in [5.41, 5.74) is 1.78. The van der Waals surface area contributed by atoms with Crippen LogP contribution in [0.1, 0.15) is 29.3 Å². The lowest BCUT2D eigenvalue weighted by atomic mass is 10.1. The van der Waals surface area contributed by atoms with Gasteiger partial charge in [-0.3, -0.25) is 9.59 Å². The molecule has 1 atom stereocenters. The molecular weight excluding hydrogens is 468 g/mol. The van der Waals surface area contributed by atoms with Crippen molar-refractivity contribution in [1.29, 1.82) is 0 Å². The second kappa shape index (κ2) is 12.7. The van der Waals surface area contributed by atoms with Crippen LogP contribution >= 0.6 is 11.6 Å². The van der Waals surface area contributed by atoms with Gasteiger partial charge in [0.2, 0.25) is 0 Å². The third-order valence-electron chi connectivity index (χ3n) is 5.33. The molecule has 0 unspecified atom stereocenters. The number of nitrogens with one attached hydrogen (secondary N) is 2. The molecule has 0 aliphatic carbocycles. The summed E-state index contributed by atoms with van der Waals surface area (Å²) in [5, 5.41) is 6.32. The van der Waals surface area contributed by atoms with E-state index in [-0.39, 0.29) is 11.8 Å². The number of anilines is 1. The van der Waals surface area contributed by atoms with Crippen LogP contribution in [0.25, 0.3) is 0 Å². The number of benzene rings is 3. The molecule has 0 fully saturated rings. The number of carbonyl (C=O) groups is 2. The number of halogens is 1. The lowest BCUT2D eigenvalue weighted by Gasteiger charge is -2.18. The molecule has 0 aliphatic rings. The molecule has 8 heteroatoms. The molecule has 3 aromatic carbocycles. The van der Waals surface area contributed by atoms with Crippen molar-refractivity contribution in [2.75, 3.05) is 26.1 Å². The second-order valence-corrected chi connectivity index (χ2v) is 8.14. The molecule has 3 rings (SSSR count). The van der Waals surface area contributed by atoms with E-state index in [1.54, 1.807) is 62.8 Å². The van der Waals surface area contributed by atoms with E-state index < -0.39 is 6.10 Å². The molecular formula is C27H29ClN2O5. The summed E-state index contributed by atoms with van der Waals surface area (Å²) in [6.07, 6.45) is 0.332. The normalized spacial score (nSPS) is 11.3. The predicted molar refractivity (Wildman–Crippen MR) is 137 cm³/mol. The highest BCUT2D eigenvalue weighted by Gasteiger charge is 2.21. The highest BCUT2D eigenvalue weighted by molar-refractivity contribution is 6.30. The average molecular weight is 497 g/mol. The molecule has 0 heterocycles. The topological polar surface area (TPSA) is 85.9 Å². The van der Waals surface area contributed by atoms with E-state index in [1.165, 1.54) is 0 Å². The fourth-order valence-electron chi connectivity index (χ4n) is 3.45. The van der Waals surface area contributed by atoms with Crippen molar-refractivity contribution in [3.05, 3.63) is 82.9 Å². The number of ether oxygens (including phenoxy) is 3. The molecule has 0 saturated carbocycles. The minimum Gasteiger partial charge on any atom is -0.493 e. The van der Waals surface area contributed by atoms with Crippen LogP contribution in [0.5, 0.6) is 17.2 Å². The van der Waals surface area contributed by atoms with Crippen LogP contribution in [-0.2, 0) is 11.2 Å². The van der Waals surface area contributed by atoms with Gasteiger partial charge in [0.1, 0.15) is 5.75 Å². The summed E-state index contributed by atoms with van der Waals surface area (Å²) in [7, 11) is 3.17. The maximum atomic E-state index is 12.9. The second-order valence-electron chi connectivity index (χ2n) is 7.70. The van der Waals surface area contributed by atoms with Crippen molar-refractivity contribution in [2.45, 2.75) is 25.9 Å².